The molecule has 3 heteroatoms. The third kappa shape index (κ3) is 4.95. The Balaban J connectivity index is 1.66. The van der Waals surface area contributed by atoms with Crippen LogP contribution >= 0.6 is 27.5 Å². The van der Waals surface area contributed by atoms with Gasteiger partial charge in [0.1, 0.15) is 12.4 Å². The summed E-state index contributed by atoms with van der Waals surface area (Å²) in [6, 6.07) is 28.5. The Morgan fingerprint density at radius 3 is 2.60 bits per heavy atom. The van der Waals surface area contributed by atoms with Crippen molar-refractivity contribution in [2.24, 2.45) is 0 Å². The lowest BCUT2D eigenvalue weighted by Crippen LogP contribution is -1.98. The summed E-state index contributed by atoms with van der Waals surface area (Å²) < 4.78 is 7.27. The van der Waals surface area contributed by atoms with Crippen LogP contribution in [-0.4, -0.2) is 0 Å². The first-order valence-corrected chi connectivity index (χ1v) is 10.9. The first kappa shape index (κ1) is 20.7. The zero-order chi connectivity index (χ0) is 20.9. The second kappa shape index (κ2) is 9.51. The highest BCUT2D eigenvalue weighted by atomic mass is 79.9. The Hall–Kier alpha value is -2.55. The number of fused-ring (bicyclic) bond motifs is 1. The summed E-state index contributed by atoms with van der Waals surface area (Å²) in [4.78, 5) is 0. The molecule has 1 nitrogen and oxygen atoms in total. The number of halogens is 2. The molecule has 30 heavy (non-hydrogen) atoms. The molecule has 0 amide bonds. The number of hydrogen-bond acceptors (Lipinski definition) is 1. The van der Waals surface area contributed by atoms with E-state index in [0.29, 0.717) is 6.61 Å². The van der Waals surface area contributed by atoms with Crippen molar-refractivity contribution in [1.82, 2.24) is 0 Å². The topological polar surface area (TPSA) is 9.23 Å². The molecule has 0 aliphatic carbocycles. The van der Waals surface area contributed by atoms with Gasteiger partial charge in [0, 0.05) is 21.0 Å². The second-order valence-electron chi connectivity index (χ2n) is 7.14. The van der Waals surface area contributed by atoms with Gasteiger partial charge >= 0.3 is 0 Å². The van der Waals surface area contributed by atoms with Crippen LogP contribution in [0.4, 0.5) is 0 Å². The summed E-state index contributed by atoms with van der Waals surface area (Å²) in [5, 5.41) is 3.05. The van der Waals surface area contributed by atoms with E-state index in [0.717, 1.165) is 37.3 Å². The Labute approximate surface area is 191 Å². The minimum Gasteiger partial charge on any atom is -0.488 e. The molecule has 0 aromatic heterocycles. The van der Waals surface area contributed by atoms with E-state index in [4.69, 9.17) is 16.3 Å². The molecule has 0 aliphatic rings. The molecule has 1 atom stereocenters. The molecule has 0 fully saturated rings. The van der Waals surface area contributed by atoms with Crippen molar-refractivity contribution in [3.05, 3.63) is 124 Å². The molecule has 0 saturated carbocycles. The fourth-order valence-corrected chi connectivity index (χ4v) is 4.07. The van der Waals surface area contributed by atoms with E-state index in [1.807, 2.05) is 48.5 Å². The highest BCUT2D eigenvalue weighted by Crippen LogP contribution is 2.31. The van der Waals surface area contributed by atoms with Crippen LogP contribution in [0.25, 0.3) is 16.8 Å². The zero-order valence-corrected chi connectivity index (χ0v) is 18.7. The maximum atomic E-state index is 6.23. The molecule has 1 unspecified atom stereocenters. The molecule has 0 N–H and O–H groups in total. The van der Waals surface area contributed by atoms with Gasteiger partial charge < -0.3 is 4.74 Å². The summed E-state index contributed by atoms with van der Waals surface area (Å²) in [6.45, 7) is 4.79. The van der Waals surface area contributed by atoms with Crippen molar-refractivity contribution in [2.75, 3.05) is 0 Å². The standard InChI is InChI=1S/C27H21BrClO/c1-19(22-8-5-10-24(29)17-22)12-14-26-25-11-3-2-7-21(25)13-15-27(26)30-18-20-6-4-9-23(28)16-20/h2-17,19H,1,18H2. The van der Waals surface area contributed by atoms with E-state index >= 15 is 0 Å². The highest BCUT2D eigenvalue weighted by Gasteiger charge is 2.09. The van der Waals surface area contributed by atoms with E-state index in [2.05, 4.69) is 71.4 Å². The fraction of sp³-hybridized carbons (Fsp3) is 0.0741. The molecule has 0 spiro atoms. The van der Waals surface area contributed by atoms with E-state index in [1.165, 1.54) is 5.39 Å². The summed E-state index contributed by atoms with van der Waals surface area (Å²) >= 11 is 9.67. The van der Waals surface area contributed by atoms with E-state index in [1.54, 1.807) is 0 Å². The third-order valence-corrected chi connectivity index (χ3v) is 5.71. The van der Waals surface area contributed by atoms with Crippen LogP contribution < -0.4 is 4.74 Å². The van der Waals surface area contributed by atoms with Crippen molar-refractivity contribution in [3.8, 4) is 5.75 Å². The normalized spacial score (nSPS) is 12.4. The molecule has 4 aromatic carbocycles. The predicted molar refractivity (Wildman–Crippen MR) is 131 cm³/mol. The van der Waals surface area contributed by atoms with Gasteiger partial charge in [-0.25, -0.2) is 0 Å². The van der Waals surface area contributed by atoms with Gasteiger partial charge in [-0.05, 0) is 59.2 Å². The largest absolute Gasteiger partial charge is 0.488 e. The van der Waals surface area contributed by atoms with E-state index in [-0.39, 0.29) is 5.92 Å². The van der Waals surface area contributed by atoms with E-state index in [9.17, 15) is 0 Å². The van der Waals surface area contributed by atoms with Crippen molar-refractivity contribution in [1.29, 1.82) is 0 Å². The minimum atomic E-state index is -0.0133. The van der Waals surface area contributed by atoms with Gasteiger partial charge in [0.15, 0.2) is 0 Å². The first-order chi connectivity index (χ1) is 14.6. The van der Waals surface area contributed by atoms with Crippen LogP contribution in [0.3, 0.4) is 0 Å². The molecule has 4 aromatic rings. The molecule has 4 rings (SSSR count). The Kier molecular flexibility index (Phi) is 6.56. The summed E-state index contributed by atoms with van der Waals surface area (Å²) in [5.74, 6) is 0.837. The van der Waals surface area contributed by atoms with Gasteiger partial charge in [0.2, 0.25) is 0 Å². The average molecular weight is 477 g/mol. The smallest absolute Gasteiger partial charge is 0.127 e. The van der Waals surface area contributed by atoms with Crippen LogP contribution in [0.15, 0.2) is 95.5 Å². The predicted octanol–water partition coefficient (Wildman–Crippen LogP) is 8.47. The SMILES string of the molecule is [CH2]C(C=Cc1c(OCc2cccc(Br)c2)ccc2ccccc12)c1cccc(Cl)c1. The minimum absolute atomic E-state index is 0.0133. The summed E-state index contributed by atoms with van der Waals surface area (Å²) in [5.41, 5.74) is 3.25. The van der Waals surface area contributed by atoms with Gasteiger partial charge in [-0.2, -0.15) is 0 Å². The van der Waals surface area contributed by atoms with Gasteiger partial charge in [-0.3, -0.25) is 0 Å². The van der Waals surface area contributed by atoms with Gasteiger partial charge in [-0.1, -0.05) is 94.3 Å². The number of benzene rings is 4. The second-order valence-corrected chi connectivity index (χ2v) is 8.49. The molecular weight excluding hydrogens is 456 g/mol. The number of hydrogen-bond donors (Lipinski definition) is 0. The van der Waals surface area contributed by atoms with Crippen molar-refractivity contribution in [3.63, 3.8) is 0 Å². The molecular formula is C27H21BrClO. The molecule has 0 bridgehead atoms. The van der Waals surface area contributed by atoms with Crippen LogP contribution in [-0.2, 0) is 6.61 Å². The van der Waals surface area contributed by atoms with E-state index < -0.39 is 0 Å². The maximum absolute atomic E-state index is 6.23. The molecule has 0 heterocycles. The average Bonchev–Trinajstić information content (AvgIpc) is 2.76. The van der Waals surface area contributed by atoms with Crippen LogP contribution in [0, 0.1) is 6.92 Å². The lowest BCUT2D eigenvalue weighted by atomic mass is 9.97. The van der Waals surface area contributed by atoms with Gasteiger partial charge in [-0.15, -0.1) is 0 Å². The maximum Gasteiger partial charge on any atom is 0.127 e. The van der Waals surface area contributed by atoms with Crippen molar-refractivity contribution < 1.29 is 4.74 Å². The Morgan fingerprint density at radius 1 is 0.933 bits per heavy atom. The number of allylic oxidation sites excluding steroid dienone is 1. The molecule has 1 radical (unpaired) electrons. The monoisotopic (exact) mass is 475 g/mol. The quantitative estimate of drug-likeness (QED) is 0.271. The Morgan fingerprint density at radius 2 is 1.77 bits per heavy atom. The zero-order valence-electron chi connectivity index (χ0n) is 16.4. The van der Waals surface area contributed by atoms with Crippen LogP contribution in [0.2, 0.25) is 5.02 Å². The van der Waals surface area contributed by atoms with Crippen molar-refractivity contribution in [2.45, 2.75) is 12.5 Å². The summed E-state index contributed by atoms with van der Waals surface area (Å²) in [7, 11) is 0. The molecule has 0 saturated heterocycles. The van der Waals surface area contributed by atoms with Gasteiger partial charge in [0.25, 0.3) is 0 Å². The van der Waals surface area contributed by atoms with Crippen LogP contribution in [0.5, 0.6) is 5.75 Å². The van der Waals surface area contributed by atoms with Crippen molar-refractivity contribution >= 4 is 44.4 Å². The lowest BCUT2D eigenvalue weighted by molar-refractivity contribution is 0.306. The third-order valence-electron chi connectivity index (χ3n) is 4.99. The lowest BCUT2D eigenvalue weighted by Gasteiger charge is -2.13. The highest BCUT2D eigenvalue weighted by molar-refractivity contribution is 9.10. The number of ether oxygens (including phenoxy) is 1. The summed E-state index contributed by atoms with van der Waals surface area (Å²) in [6.07, 6.45) is 4.20. The van der Waals surface area contributed by atoms with Gasteiger partial charge in [0.05, 0.1) is 0 Å². The first-order valence-electron chi connectivity index (χ1n) is 9.76. The van der Waals surface area contributed by atoms with Crippen LogP contribution in [0.1, 0.15) is 22.6 Å². The molecule has 0 aliphatic heterocycles. The fourth-order valence-electron chi connectivity index (χ4n) is 3.42. The molecule has 149 valence electrons. The number of rotatable bonds is 6. The Bertz CT molecular complexity index is 1200.